The lowest BCUT2D eigenvalue weighted by Crippen LogP contribution is -2.35. The van der Waals surface area contributed by atoms with E-state index in [9.17, 15) is 0 Å². The van der Waals surface area contributed by atoms with Crippen molar-refractivity contribution in [2.75, 3.05) is 19.0 Å². The third-order valence-electron chi connectivity index (χ3n) is 4.93. The number of rotatable bonds is 5. The molecule has 3 rings (SSSR count). The fourth-order valence-electron chi connectivity index (χ4n) is 3.50. The SMILES string of the molecule is C=Cc1cc(C(=C)C(=C(C)C)c2c(Cl)c(C)cc3c2=CN=3)ccc1N(C)C. The molecule has 0 radical (unpaired) electrons. The van der Waals surface area contributed by atoms with E-state index >= 15 is 0 Å². The normalized spacial score (nSPS) is 11.5. The van der Waals surface area contributed by atoms with Gasteiger partial charge in [0.25, 0.3) is 0 Å². The average Bonchev–Trinajstić information content (AvgIpc) is 2.61. The summed E-state index contributed by atoms with van der Waals surface area (Å²) in [6.07, 6.45) is 3.77. The van der Waals surface area contributed by atoms with Gasteiger partial charge in [0.05, 0.1) is 10.4 Å². The molecular weight excluding hydrogens is 352 g/mol. The van der Waals surface area contributed by atoms with E-state index in [4.69, 9.17) is 11.6 Å². The van der Waals surface area contributed by atoms with Gasteiger partial charge in [-0.3, -0.25) is 4.99 Å². The first kappa shape index (κ1) is 19.2. The van der Waals surface area contributed by atoms with Crippen LogP contribution in [-0.4, -0.2) is 14.1 Å². The highest BCUT2D eigenvalue weighted by Gasteiger charge is 2.19. The van der Waals surface area contributed by atoms with Gasteiger partial charge in [0.15, 0.2) is 0 Å². The Kier molecular flexibility index (Phi) is 5.12. The molecule has 0 aromatic heterocycles. The second-order valence-corrected chi connectivity index (χ2v) is 7.68. The number of anilines is 1. The first-order valence-electron chi connectivity index (χ1n) is 8.94. The van der Waals surface area contributed by atoms with Crippen LogP contribution in [0.5, 0.6) is 0 Å². The third kappa shape index (κ3) is 3.26. The van der Waals surface area contributed by atoms with E-state index < -0.39 is 0 Å². The number of nitrogens with zero attached hydrogens (tertiary/aromatic N) is 2. The Bertz CT molecular complexity index is 1110. The molecule has 1 aliphatic heterocycles. The lowest BCUT2D eigenvalue weighted by atomic mass is 9.87. The summed E-state index contributed by atoms with van der Waals surface area (Å²) in [6, 6.07) is 8.39. The Morgan fingerprint density at radius 2 is 1.89 bits per heavy atom. The van der Waals surface area contributed by atoms with E-state index in [2.05, 4.69) is 55.1 Å². The van der Waals surface area contributed by atoms with Gasteiger partial charge in [0, 0.05) is 36.8 Å². The lowest BCUT2D eigenvalue weighted by Gasteiger charge is -2.21. The third-order valence-corrected chi connectivity index (χ3v) is 5.41. The maximum Gasteiger partial charge on any atom is 0.0727 e. The van der Waals surface area contributed by atoms with Crippen LogP contribution in [0, 0.1) is 6.92 Å². The number of allylic oxidation sites excluding steroid dienone is 3. The van der Waals surface area contributed by atoms with Crippen molar-refractivity contribution in [3.63, 3.8) is 0 Å². The Balaban J connectivity index is 2.19. The van der Waals surface area contributed by atoms with Crippen molar-refractivity contribution in [1.82, 2.24) is 0 Å². The van der Waals surface area contributed by atoms with Crippen LogP contribution in [0.2, 0.25) is 5.02 Å². The van der Waals surface area contributed by atoms with E-state index in [1.807, 2.05) is 39.4 Å². The Morgan fingerprint density at radius 3 is 2.41 bits per heavy atom. The molecule has 2 aromatic carbocycles. The van der Waals surface area contributed by atoms with Gasteiger partial charge in [-0.2, -0.15) is 0 Å². The van der Waals surface area contributed by atoms with Crippen molar-refractivity contribution in [2.24, 2.45) is 4.99 Å². The van der Waals surface area contributed by atoms with Crippen molar-refractivity contribution >= 4 is 40.7 Å². The number of hydrogen-bond acceptors (Lipinski definition) is 2. The molecule has 0 saturated carbocycles. The predicted octanol–water partition coefficient (Wildman–Crippen LogP) is 5.24. The van der Waals surface area contributed by atoms with Crippen molar-refractivity contribution in [1.29, 1.82) is 0 Å². The molecule has 138 valence electrons. The van der Waals surface area contributed by atoms with E-state index in [1.54, 1.807) is 0 Å². The van der Waals surface area contributed by atoms with Gasteiger partial charge >= 0.3 is 0 Å². The number of halogens is 1. The van der Waals surface area contributed by atoms with E-state index in [-0.39, 0.29) is 0 Å². The zero-order valence-corrected chi connectivity index (χ0v) is 17.4. The average molecular weight is 377 g/mol. The first-order valence-corrected chi connectivity index (χ1v) is 9.32. The summed E-state index contributed by atoms with van der Waals surface area (Å²) in [5.41, 5.74) is 8.55. The van der Waals surface area contributed by atoms with Gasteiger partial charge < -0.3 is 4.90 Å². The number of fused-ring (bicyclic) bond motifs is 1. The quantitative estimate of drug-likeness (QED) is 0.652. The van der Waals surface area contributed by atoms with Crippen LogP contribution in [0.15, 0.2) is 48.0 Å². The smallest absolute Gasteiger partial charge is 0.0727 e. The van der Waals surface area contributed by atoms with Crippen LogP contribution in [-0.2, 0) is 0 Å². The highest BCUT2D eigenvalue weighted by Crippen LogP contribution is 2.37. The molecular formula is C24H25ClN2. The summed E-state index contributed by atoms with van der Waals surface area (Å²) in [4.78, 5) is 6.46. The molecule has 0 amide bonds. The molecule has 0 aliphatic carbocycles. The van der Waals surface area contributed by atoms with E-state index in [0.29, 0.717) is 0 Å². The van der Waals surface area contributed by atoms with Crippen molar-refractivity contribution in [2.45, 2.75) is 20.8 Å². The van der Waals surface area contributed by atoms with Crippen LogP contribution >= 0.6 is 11.6 Å². The first-order chi connectivity index (χ1) is 12.8. The zero-order valence-electron chi connectivity index (χ0n) is 16.7. The fourth-order valence-corrected chi connectivity index (χ4v) is 3.75. The largest absolute Gasteiger partial charge is 0.377 e. The predicted molar refractivity (Wildman–Crippen MR) is 120 cm³/mol. The van der Waals surface area contributed by atoms with Gasteiger partial charge in [-0.25, -0.2) is 0 Å². The molecule has 1 heterocycles. The standard InChI is InChI=1S/C24H25ClN2/c1-8-17-12-18(9-10-21(17)27(6)7)16(5)22(14(2)3)23-19-13-26-20(19)11-15(4)24(23)25/h8-13H,1,5H2,2-4,6-7H3. The molecule has 0 spiro atoms. The summed E-state index contributed by atoms with van der Waals surface area (Å²) in [7, 11) is 4.06. The summed E-state index contributed by atoms with van der Waals surface area (Å²) in [5.74, 6) is 0. The number of aryl methyl sites for hydroxylation is 1. The zero-order chi connectivity index (χ0) is 19.9. The highest BCUT2D eigenvalue weighted by molar-refractivity contribution is 6.34. The van der Waals surface area contributed by atoms with Crippen LogP contribution in [0.4, 0.5) is 5.69 Å². The van der Waals surface area contributed by atoms with Crippen LogP contribution in [0.1, 0.15) is 36.1 Å². The highest BCUT2D eigenvalue weighted by atomic mass is 35.5. The fraction of sp³-hybridized carbons (Fsp3) is 0.208. The van der Waals surface area contributed by atoms with Crippen molar-refractivity contribution in [3.8, 4) is 0 Å². The molecule has 2 aromatic rings. The summed E-state index contributed by atoms with van der Waals surface area (Å²) < 4.78 is 0. The molecule has 0 N–H and O–H groups in total. The molecule has 27 heavy (non-hydrogen) atoms. The molecule has 0 unspecified atom stereocenters. The van der Waals surface area contributed by atoms with Crippen molar-refractivity contribution in [3.05, 3.63) is 80.8 Å². The molecule has 3 heteroatoms. The Labute approximate surface area is 166 Å². The van der Waals surface area contributed by atoms with Gasteiger partial charge in [-0.1, -0.05) is 42.5 Å². The monoisotopic (exact) mass is 376 g/mol. The molecule has 2 nitrogen and oxygen atoms in total. The summed E-state index contributed by atoms with van der Waals surface area (Å²) in [6.45, 7) is 14.6. The van der Waals surface area contributed by atoms with Gasteiger partial charge in [-0.05, 0) is 66.8 Å². The van der Waals surface area contributed by atoms with Gasteiger partial charge in [-0.15, -0.1) is 0 Å². The van der Waals surface area contributed by atoms with E-state index in [1.165, 1.54) is 5.57 Å². The topological polar surface area (TPSA) is 15.6 Å². The number of benzene rings is 2. The number of hydrogen-bond donors (Lipinski definition) is 0. The van der Waals surface area contributed by atoms with Crippen LogP contribution in [0.3, 0.4) is 0 Å². The van der Waals surface area contributed by atoms with Crippen LogP contribution in [0.25, 0.3) is 23.4 Å². The Hall–Kier alpha value is -2.58. The molecule has 0 saturated heterocycles. The summed E-state index contributed by atoms with van der Waals surface area (Å²) in [5, 5.41) is 2.86. The maximum absolute atomic E-state index is 6.74. The minimum Gasteiger partial charge on any atom is -0.377 e. The van der Waals surface area contributed by atoms with E-state index in [0.717, 1.165) is 54.7 Å². The minimum atomic E-state index is 0.770. The van der Waals surface area contributed by atoms with Crippen LogP contribution < -0.4 is 15.5 Å². The molecule has 0 fully saturated rings. The Morgan fingerprint density at radius 1 is 1.19 bits per heavy atom. The molecule has 0 bridgehead atoms. The van der Waals surface area contributed by atoms with Gasteiger partial charge in [0.2, 0.25) is 0 Å². The van der Waals surface area contributed by atoms with Crippen molar-refractivity contribution < 1.29 is 0 Å². The second kappa shape index (κ2) is 7.21. The lowest BCUT2D eigenvalue weighted by molar-refractivity contribution is 1.13. The second-order valence-electron chi connectivity index (χ2n) is 7.30. The minimum absolute atomic E-state index is 0.770. The molecule has 1 aliphatic rings. The summed E-state index contributed by atoms with van der Waals surface area (Å²) >= 11 is 6.74. The molecule has 0 atom stereocenters. The van der Waals surface area contributed by atoms with Gasteiger partial charge in [0.1, 0.15) is 0 Å². The maximum atomic E-state index is 6.74.